The van der Waals surface area contributed by atoms with Crippen LogP contribution in [0.15, 0.2) is 22.6 Å². The van der Waals surface area contributed by atoms with E-state index in [2.05, 4.69) is 10.3 Å². The minimum atomic E-state index is 0.463. The summed E-state index contributed by atoms with van der Waals surface area (Å²) in [5, 5.41) is 3.35. The maximum absolute atomic E-state index is 5.83. The van der Waals surface area contributed by atoms with E-state index in [4.69, 9.17) is 10.2 Å². The van der Waals surface area contributed by atoms with Crippen molar-refractivity contribution in [3.05, 3.63) is 29.7 Å². The van der Waals surface area contributed by atoms with Crippen molar-refractivity contribution >= 4 is 11.1 Å². The molecule has 0 unspecified atom stereocenters. The first-order valence-electron chi connectivity index (χ1n) is 6.17. The smallest absolute Gasteiger partial charge is 0.198 e. The van der Waals surface area contributed by atoms with Crippen LogP contribution in [0.2, 0.25) is 0 Å². The Morgan fingerprint density at radius 2 is 2.18 bits per heavy atom. The number of hydrogen-bond donors (Lipinski definition) is 2. The average molecular weight is 231 g/mol. The van der Waals surface area contributed by atoms with Gasteiger partial charge in [0.2, 0.25) is 0 Å². The molecule has 3 N–H and O–H groups in total. The van der Waals surface area contributed by atoms with Crippen molar-refractivity contribution < 1.29 is 4.42 Å². The van der Waals surface area contributed by atoms with E-state index in [0.717, 1.165) is 48.5 Å². The average Bonchev–Trinajstić information content (AvgIpc) is 2.82. The molecule has 0 amide bonds. The number of fused-ring (bicyclic) bond motifs is 1. The van der Waals surface area contributed by atoms with E-state index >= 15 is 0 Å². The van der Waals surface area contributed by atoms with Gasteiger partial charge in [0.1, 0.15) is 5.52 Å². The minimum absolute atomic E-state index is 0.463. The zero-order valence-electron chi connectivity index (χ0n) is 9.78. The molecule has 0 saturated carbocycles. The van der Waals surface area contributed by atoms with Gasteiger partial charge in [-0.3, -0.25) is 0 Å². The van der Waals surface area contributed by atoms with E-state index in [1.54, 1.807) is 0 Å². The van der Waals surface area contributed by atoms with Gasteiger partial charge in [-0.25, -0.2) is 4.98 Å². The molecule has 1 aromatic carbocycles. The standard InChI is InChI=1S/C13H17N3O/c14-8-9-1-2-12-11(7-9)16-13(17-12)10-3-5-15-6-4-10/h1-2,7,10,15H,3-6,8,14H2. The Morgan fingerprint density at radius 1 is 1.35 bits per heavy atom. The van der Waals surface area contributed by atoms with Crippen LogP contribution in [0.3, 0.4) is 0 Å². The lowest BCUT2D eigenvalue weighted by atomic mass is 9.98. The number of rotatable bonds is 2. The quantitative estimate of drug-likeness (QED) is 0.826. The fraction of sp³-hybridized carbons (Fsp3) is 0.462. The zero-order chi connectivity index (χ0) is 11.7. The highest BCUT2D eigenvalue weighted by molar-refractivity contribution is 5.73. The molecule has 1 aliphatic heterocycles. The maximum atomic E-state index is 5.83. The second kappa shape index (κ2) is 4.47. The second-order valence-electron chi connectivity index (χ2n) is 4.58. The molecule has 0 atom stereocenters. The Hall–Kier alpha value is -1.39. The third-order valence-electron chi connectivity index (χ3n) is 3.39. The molecular weight excluding hydrogens is 214 g/mol. The molecule has 90 valence electrons. The molecule has 3 rings (SSSR count). The number of piperidine rings is 1. The molecular formula is C13H17N3O. The molecule has 1 aromatic heterocycles. The Bertz CT molecular complexity index is 514. The summed E-state index contributed by atoms with van der Waals surface area (Å²) >= 11 is 0. The first kappa shape index (κ1) is 10.7. The maximum Gasteiger partial charge on any atom is 0.198 e. The van der Waals surface area contributed by atoms with Crippen LogP contribution in [0.5, 0.6) is 0 Å². The van der Waals surface area contributed by atoms with E-state index in [9.17, 15) is 0 Å². The summed E-state index contributed by atoms with van der Waals surface area (Å²) in [5.41, 5.74) is 8.53. The Balaban J connectivity index is 1.95. The van der Waals surface area contributed by atoms with Crippen LogP contribution in [0.1, 0.15) is 30.2 Å². The molecule has 17 heavy (non-hydrogen) atoms. The summed E-state index contributed by atoms with van der Waals surface area (Å²) in [6.07, 6.45) is 2.22. The minimum Gasteiger partial charge on any atom is -0.440 e. The van der Waals surface area contributed by atoms with Gasteiger partial charge in [0.15, 0.2) is 11.5 Å². The van der Waals surface area contributed by atoms with Crippen molar-refractivity contribution in [2.75, 3.05) is 13.1 Å². The number of nitrogens with two attached hydrogens (primary N) is 1. The van der Waals surface area contributed by atoms with Crippen molar-refractivity contribution in [2.24, 2.45) is 5.73 Å². The van der Waals surface area contributed by atoms with E-state index in [1.807, 2.05) is 18.2 Å². The van der Waals surface area contributed by atoms with E-state index < -0.39 is 0 Å². The van der Waals surface area contributed by atoms with E-state index in [1.165, 1.54) is 0 Å². The van der Waals surface area contributed by atoms with Crippen LogP contribution in [-0.4, -0.2) is 18.1 Å². The topological polar surface area (TPSA) is 64.1 Å². The number of oxazole rings is 1. The fourth-order valence-corrected chi connectivity index (χ4v) is 2.36. The van der Waals surface area contributed by atoms with Gasteiger partial charge >= 0.3 is 0 Å². The fourth-order valence-electron chi connectivity index (χ4n) is 2.36. The van der Waals surface area contributed by atoms with Gasteiger partial charge in [0, 0.05) is 12.5 Å². The Labute approximate surface area is 100 Å². The van der Waals surface area contributed by atoms with Crippen molar-refractivity contribution in [3.63, 3.8) is 0 Å². The largest absolute Gasteiger partial charge is 0.440 e. The van der Waals surface area contributed by atoms with Crippen LogP contribution in [-0.2, 0) is 6.54 Å². The van der Waals surface area contributed by atoms with Crippen LogP contribution in [0.4, 0.5) is 0 Å². The van der Waals surface area contributed by atoms with Gasteiger partial charge < -0.3 is 15.5 Å². The summed E-state index contributed by atoms with van der Waals surface area (Å²) in [6, 6.07) is 5.98. The van der Waals surface area contributed by atoms with Gasteiger partial charge in [-0.15, -0.1) is 0 Å². The summed E-state index contributed by atoms with van der Waals surface area (Å²) in [5.74, 6) is 1.35. The van der Waals surface area contributed by atoms with Gasteiger partial charge in [0.25, 0.3) is 0 Å². The third-order valence-corrected chi connectivity index (χ3v) is 3.39. The number of nitrogens with one attached hydrogen (secondary N) is 1. The van der Waals surface area contributed by atoms with E-state index in [-0.39, 0.29) is 0 Å². The van der Waals surface area contributed by atoms with Crippen LogP contribution >= 0.6 is 0 Å². The Kier molecular flexibility index (Phi) is 2.82. The lowest BCUT2D eigenvalue weighted by molar-refractivity contribution is 0.385. The van der Waals surface area contributed by atoms with Crippen molar-refractivity contribution in [1.29, 1.82) is 0 Å². The molecule has 1 saturated heterocycles. The zero-order valence-corrected chi connectivity index (χ0v) is 9.78. The molecule has 1 aliphatic rings. The molecule has 0 bridgehead atoms. The van der Waals surface area contributed by atoms with Crippen molar-refractivity contribution in [1.82, 2.24) is 10.3 Å². The number of hydrogen-bond acceptors (Lipinski definition) is 4. The van der Waals surface area contributed by atoms with Gasteiger partial charge in [-0.2, -0.15) is 0 Å². The summed E-state index contributed by atoms with van der Waals surface area (Å²) in [4.78, 5) is 4.60. The summed E-state index contributed by atoms with van der Waals surface area (Å²) in [7, 11) is 0. The predicted octanol–water partition coefficient (Wildman–Crippen LogP) is 1.75. The van der Waals surface area contributed by atoms with Crippen LogP contribution < -0.4 is 11.1 Å². The molecule has 0 radical (unpaired) electrons. The van der Waals surface area contributed by atoms with Crippen molar-refractivity contribution in [3.8, 4) is 0 Å². The highest BCUT2D eigenvalue weighted by Gasteiger charge is 2.20. The van der Waals surface area contributed by atoms with Gasteiger partial charge in [-0.05, 0) is 43.6 Å². The Morgan fingerprint density at radius 3 is 2.94 bits per heavy atom. The third kappa shape index (κ3) is 2.06. The monoisotopic (exact) mass is 231 g/mol. The molecule has 0 aliphatic carbocycles. The first-order valence-corrected chi connectivity index (χ1v) is 6.17. The lowest BCUT2D eigenvalue weighted by Gasteiger charge is -2.19. The molecule has 2 heterocycles. The lowest BCUT2D eigenvalue weighted by Crippen LogP contribution is -2.26. The van der Waals surface area contributed by atoms with Crippen molar-refractivity contribution in [2.45, 2.75) is 25.3 Å². The van der Waals surface area contributed by atoms with Crippen LogP contribution in [0, 0.1) is 0 Å². The molecule has 0 spiro atoms. The molecule has 4 nitrogen and oxygen atoms in total. The summed E-state index contributed by atoms with van der Waals surface area (Å²) in [6.45, 7) is 2.65. The highest BCUT2D eigenvalue weighted by atomic mass is 16.3. The number of benzene rings is 1. The number of nitrogens with zero attached hydrogens (tertiary/aromatic N) is 1. The van der Waals surface area contributed by atoms with Gasteiger partial charge in [0.05, 0.1) is 0 Å². The normalized spacial score (nSPS) is 17.7. The number of aromatic nitrogens is 1. The molecule has 4 heteroatoms. The highest BCUT2D eigenvalue weighted by Crippen LogP contribution is 2.28. The predicted molar refractivity (Wildman–Crippen MR) is 66.7 cm³/mol. The molecule has 1 fully saturated rings. The summed E-state index contributed by atoms with van der Waals surface area (Å²) < 4.78 is 5.83. The van der Waals surface area contributed by atoms with E-state index in [0.29, 0.717) is 12.5 Å². The first-order chi connectivity index (χ1) is 8.36. The molecule has 2 aromatic rings. The van der Waals surface area contributed by atoms with Gasteiger partial charge in [-0.1, -0.05) is 6.07 Å². The SMILES string of the molecule is NCc1ccc2oc(C3CCNCC3)nc2c1. The van der Waals surface area contributed by atoms with Crippen LogP contribution in [0.25, 0.3) is 11.1 Å². The second-order valence-corrected chi connectivity index (χ2v) is 4.58.